The molecule has 3 nitrogen and oxygen atoms in total. The van der Waals surface area contributed by atoms with Crippen LogP contribution < -0.4 is 4.52 Å². The van der Waals surface area contributed by atoms with Gasteiger partial charge in [0.05, 0.1) is 0 Å². The molecule has 5 heteroatoms. The zero-order valence-electron chi connectivity index (χ0n) is 9.45. The summed E-state index contributed by atoms with van der Waals surface area (Å²) in [6.07, 6.45) is 0. The normalized spacial score (nSPS) is 11.1. The molecule has 1 atom stereocenters. The molecule has 0 amide bonds. The molecule has 92 valence electrons. The summed E-state index contributed by atoms with van der Waals surface area (Å²) in [7, 11) is -2.17. The lowest BCUT2D eigenvalue weighted by Gasteiger charge is -1.95. The Morgan fingerprint density at radius 3 is 2.33 bits per heavy atom. The summed E-state index contributed by atoms with van der Waals surface area (Å²) in [6, 6.07) is 16.0. The average molecular weight is 282 g/mol. The van der Waals surface area contributed by atoms with E-state index in [2.05, 4.69) is 0 Å². The number of halogens is 1. The molecule has 0 aromatic heterocycles. The zero-order valence-corrected chi connectivity index (χ0v) is 11.1. The molecule has 2 rings (SSSR count). The molecule has 2 aromatic rings. The molecule has 0 spiro atoms. The van der Waals surface area contributed by atoms with Crippen molar-refractivity contribution in [1.29, 1.82) is 0 Å². The van der Waals surface area contributed by atoms with Gasteiger partial charge in [-0.3, -0.25) is 0 Å². The van der Waals surface area contributed by atoms with Crippen molar-refractivity contribution in [3.8, 4) is 5.75 Å². The molecule has 1 unspecified atom stereocenters. The van der Waals surface area contributed by atoms with Crippen molar-refractivity contribution < 1.29 is 13.6 Å². The van der Waals surface area contributed by atoms with Crippen LogP contribution >= 0.6 is 19.9 Å². The predicted molar refractivity (Wildman–Crippen MR) is 70.9 cm³/mol. The van der Waals surface area contributed by atoms with E-state index >= 15 is 0 Å². The fourth-order valence-corrected chi connectivity index (χ4v) is 2.03. The Kier molecular flexibility index (Phi) is 4.71. The Labute approximate surface area is 111 Å². The van der Waals surface area contributed by atoms with E-state index in [0.717, 1.165) is 5.56 Å². The molecule has 0 radical (unpaired) electrons. The molecular weight excluding hydrogens is 271 g/mol. The van der Waals surface area contributed by atoms with Gasteiger partial charge in [0.15, 0.2) is 5.75 Å². The fourth-order valence-electron chi connectivity index (χ4n) is 1.30. The van der Waals surface area contributed by atoms with Gasteiger partial charge < -0.3 is 0 Å². The standard InChI is InChI=1S/C13H11ClO3P/c14-12-8-6-11(7-9-12)10-16-18(15)17-13-4-2-1-3-5-13/h1-9H,10H2/q+1. The van der Waals surface area contributed by atoms with Crippen molar-refractivity contribution in [2.45, 2.75) is 6.61 Å². The Morgan fingerprint density at radius 1 is 1.00 bits per heavy atom. The number of rotatable bonds is 5. The van der Waals surface area contributed by atoms with E-state index in [1.54, 1.807) is 36.4 Å². The smallest absolute Gasteiger partial charge is 0.229 e. The first-order chi connectivity index (χ1) is 8.74. The summed E-state index contributed by atoms with van der Waals surface area (Å²) in [5, 5.41) is 0.656. The highest BCUT2D eigenvalue weighted by atomic mass is 35.5. The molecule has 0 bridgehead atoms. The van der Waals surface area contributed by atoms with E-state index < -0.39 is 8.25 Å². The van der Waals surface area contributed by atoms with Gasteiger partial charge in [0, 0.05) is 9.59 Å². The van der Waals surface area contributed by atoms with Crippen molar-refractivity contribution >= 4 is 19.9 Å². The molecule has 2 aromatic carbocycles. The van der Waals surface area contributed by atoms with Gasteiger partial charge in [-0.1, -0.05) is 41.9 Å². The van der Waals surface area contributed by atoms with Crippen molar-refractivity contribution in [3.05, 3.63) is 65.2 Å². The van der Waals surface area contributed by atoms with E-state index in [4.69, 9.17) is 20.6 Å². The third kappa shape index (κ3) is 4.11. The van der Waals surface area contributed by atoms with Crippen LogP contribution in [0.3, 0.4) is 0 Å². The first-order valence-electron chi connectivity index (χ1n) is 5.32. The average Bonchev–Trinajstić information content (AvgIpc) is 2.39. The van der Waals surface area contributed by atoms with Gasteiger partial charge >= 0.3 is 8.25 Å². The molecule has 0 fully saturated rings. The van der Waals surface area contributed by atoms with Crippen molar-refractivity contribution in [2.75, 3.05) is 0 Å². The summed E-state index contributed by atoms with van der Waals surface area (Å²) >= 11 is 5.76. The number of hydrogen-bond acceptors (Lipinski definition) is 3. The highest BCUT2D eigenvalue weighted by Crippen LogP contribution is 2.28. The van der Waals surface area contributed by atoms with Crippen molar-refractivity contribution in [3.63, 3.8) is 0 Å². The Balaban J connectivity index is 1.83. The molecule has 0 aliphatic carbocycles. The topological polar surface area (TPSA) is 35.5 Å². The van der Waals surface area contributed by atoms with Crippen LogP contribution in [0, 0.1) is 0 Å². The molecule has 0 saturated carbocycles. The number of benzene rings is 2. The zero-order chi connectivity index (χ0) is 12.8. The maximum atomic E-state index is 11.5. The SMILES string of the molecule is O=[P+](OCc1ccc(Cl)cc1)Oc1ccccc1. The van der Waals surface area contributed by atoms with E-state index in [0.29, 0.717) is 10.8 Å². The van der Waals surface area contributed by atoms with E-state index in [-0.39, 0.29) is 6.61 Å². The lowest BCUT2D eigenvalue weighted by atomic mass is 10.2. The maximum absolute atomic E-state index is 11.5. The first-order valence-corrected chi connectivity index (χ1v) is 6.79. The first kappa shape index (κ1) is 13.0. The van der Waals surface area contributed by atoms with Gasteiger partial charge in [0.2, 0.25) is 0 Å². The second kappa shape index (κ2) is 6.50. The Hall–Kier alpha value is -1.41. The second-order valence-electron chi connectivity index (χ2n) is 3.53. The van der Waals surface area contributed by atoms with Crippen LogP contribution in [0.25, 0.3) is 0 Å². The highest BCUT2D eigenvalue weighted by Gasteiger charge is 2.21. The van der Waals surface area contributed by atoms with E-state index in [1.807, 2.05) is 18.2 Å². The third-order valence-electron chi connectivity index (χ3n) is 2.17. The number of para-hydroxylation sites is 1. The second-order valence-corrected chi connectivity index (χ2v) is 4.85. The quantitative estimate of drug-likeness (QED) is 0.752. The van der Waals surface area contributed by atoms with Gasteiger partial charge in [-0.25, -0.2) is 4.52 Å². The number of hydrogen-bond donors (Lipinski definition) is 0. The van der Waals surface area contributed by atoms with Crippen LogP contribution in [0.1, 0.15) is 5.56 Å². The fraction of sp³-hybridized carbons (Fsp3) is 0.0769. The van der Waals surface area contributed by atoms with Crippen molar-refractivity contribution in [1.82, 2.24) is 0 Å². The molecule has 0 heterocycles. The van der Waals surface area contributed by atoms with Gasteiger partial charge in [0.25, 0.3) is 0 Å². The summed E-state index contributed by atoms with van der Waals surface area (Å²) in [5.74, 6) is 0.523. The van der Waals surface area contributed by atoms with Crippen LogP contribution in [0.4, 0.5) is 0 Å². The molecule has 0 aliphatic rings. The van der Waals surface area contributed by atoms with Crippen LogP contribution in [-0.4, -0.2) is 0 Å². The summed E-state index contributed by atoms with van der Waals surface area (Å²) in [4.78, 5) is 0. The molecular formula is C13H11ClO3P+. The largest absolute Gasteiger partial charge is 0.750 e. The monoisotopic (exact) mass is 281 g/mol. The summed E-state index contributed by atoms with van der Waals surface area (Å²) in [5.41, 5.74) is 0.888. The van der Waals surface area contributed by atoms with Gasteiger partial charge in [-0.15, -0.1) is 4.52 Å². The van der Waals surface area contributed by atoms with Crippen LogP contribution in [0.15, 0.2) is 54.6 Å². The Bertz CT molecular complexity index is 514. The minimum absolute atomic E-state index is 0.221. The van der Waals surface area contributed by atoms with Gasteiger partial charge in [-0.05, 0) is 29.8 Å². The van der Waals surface area contributed by atoms with Gasteiger partial charge in [0.1, 0.15) is 6.61 Å². The van der Waals surface area contributed by atoms with Crippen LogP contribution in [0.5, 0.6) is 5.75 Å². The minimum atomic E-state index is -2.17. The van der Waals surface area contributed by atoms with Gasteiger partial charge in [-0.2, -0.15) is 0 Å². The van der Waals surface area contributed by atoms with Crippen LogP contribution in [0.2, 0.25) is 5.02 Å². The minimum Gasteiger partial charge on any atom is -0.229 e. The van der Waals surface area contributed by atoms with Crippen molar-refractivity contribution in [2.24, 2.45) is 0 Å². The van der Waals surface area contributed by atoms with E-state index in [1.165, 1.54) is 0 Å². The Morgan fingerprint density at radius 2 is 1.67 bits per heavy atom. The molecule has 0 N–H and O–H groups in total. The lowest BCUT2D eigenvalue weighted by molar-refractivity contribution is 0.277. The molecule has 0 aliphatic heterocycles. The molecule has 18 heavy (non-hydrogen) atoms. The predicted octanol–water partition coefficient (Wildman–Crippen LogP) is 4.59. The highest BCUT2D eigenvalue weighted by molar-refractivity contribution is 7.33. The summed E-state index contributed by atoms with van der Waals surface area (Å²) < 4.78 is 21.8. The van der Waals surface area contributed by atoms with E-state index in [9.17, 15) is 4.57 Å². The molecule has 0 saturated heterocycles. The maximum Gasteiger partial charge on any atom is 0.750 e. The van der Waals surface area contributed by atoms with Crippen LogP contribution in [-0.2, 0) is 15.7 Å². The third-order valence-corrected chi connectivity index (χ3v) is 3.12. The summed E-state index contributed by atoms with van der Waals surface area (Å²) in [6.45, 7) is 0.221. The lowest BCUT2D eigenvalue weighted by Crippen LogP contribution is -1.89.